The zero-order valence-corrected chi connectivity index (χ0v) is 16.0. The van der Waals surface area contributed by atoms with E-state index in [4.69, 9.17) is 21.1 Å². The van der Waals surface area contributed by atoms with Crippen LogP contribution in [0.3, 0.4) is 0 Å². The Labute approximate surface area is 166 Å². The summed E-state index contributed by atoms with van der Waals surface area (Å²) >= 11 is 5.90. The van der Waals surface area contributed by atoms with E-state index >= 15 is 0 Å². The first-order chi connectivity index (χ1) is 13.2. The zero-order chi connectivity index (χ0) is 20.3. The van der Waals surface area contributed by atoms with Crippen molar-refractivity contribution < 1.29 is 23.5 Å². The van der Waals surface area contributed by atoms with Gasteiger partial charge in [0.05, 0.1) is 10.7 Å². The second-order valence-corrected chi connectivity index (χ2v) is 6.89. The van der Waals surface area contributed by atoms with Crippen LogP contribution in [0.4, 0.5) is 20.6 Å². The lowest BCUT2D eigenvalue weighted by atomic mass is 10.0. The summed E-state index contributed by atoms with van der Waals surface area (Å²) in [5.41, 5.74) is 0.830. The van der Waals surface area contributed by atoms with E-state index in [9.17, 15) is 14.0 Å². The SMILES string of the molecule is CC(=O)OCC1(C)C=Cc2cc(NC(=O)Nc3ccc(F)cc3Cl)ccc2O1. The molecule has 2 aromatic rings. The molecule has 0 saturated carbocycles. The van der Waals surface area contributed by atoms with E-state index in [1.165, 1.54) is 19.1 Å². The van der Waals surface area contributed by atoms with E-state index < -0.39 is 17.4 Å². The van der Waals surface area contributed by atoms with Crippen molar-refractivity contribution >= 4 is 41.1 Å². The first-order valence-corrected chi connectivity index (χ1v) is 8.81. The van der Waals surface area contributed by atoms with Gasteiger partial charge in [0.1, 0.15) is 18.2 Å². The summed E-state index contributed by atoms with van der Waals surface area (Å²) in [6.45, 7) is 3.24. The molecule has 2 N–H and O–H groups in total. The molecule has 0 spiro atoms. The van der Waals surface area contributed by atoms with Crippen molar-refractivity contribution in [3.05, 3.63) is 58.9 Å². The lowest BCUT2D eigenvalue weighted by molar-refractivity contribution is -0.145. The monoisotopic (exact) mass is 404 g/mol. The highest BCUT2D eigenvalue weighted by Gasteiger charge is 2.29. The molecule has 2 aromatic carbocycles. The molecule has 2 amide bonds. The number of hydrogen-bond acceptors (Lipinski definition) is 4. The van der Waals surface area contributed by atoms with Crippen molar-refractivity contribution in [1.29, 1.82) is 0 Å². The summed E-state index contributed by atoms with van der Waals surface area (Å²) in [7, 11) is 0. The predicted molar refractivity (Wildman–Crippen MR) is 105 cm³/mol. The summed E-state index contributed by atoms with van der Waals surface area (Å²) in [6.07, 6.45) is 3.63. The number of anilines is 2. The predicted octanol–water partition coefficient (Wildman–Crippen LogP) is 4.85. The van der Waals surface area contributed by atoms with Gasteiger partial charge in [0.15, 0.2) is 5.60 Å². The Hall–Kier alpha value is -3.06. The fraction of sp³-hybridized carbons (Fsp3) is 0.200. The van der Waals surface area contributed by atoms with Crippen molar-refractivity contribution in [3.8, 4) is 5.75 Å². The number of esters is 1. The summed E-state index contributed by atoms with van der Waals surface area (Å²) in [5, 5.41) is 5.34. The Morgan fingerprint density at radius 2 is 2.00 bits per heavy atom. The standard InChI is InChI=1S/C20H18ClFN2O4/c1-12(25)27-11-20(2)8-7-13-9-15(4-6-18(13)28-20)23-19(26)24-17-5-3-14(22)10-16(17)21/h3-10H,11H2,1-2H3,(H2,23,24,26). The first kappa shape index (κ1) is 19.7. The number of carbonyl (C=O) groups excluding carboxylic acids is 2. The minimum Gasteiger partial charge on any atom is -0.479 e. The van der Waals surface area contributed by atoms with Gasteiger partial charge in [-0.25, -0.2) is 9.18 Å². The van der Waals surface area contributed by atoms with Crippen LogP contribution < -0.4 is 15.4 Å². The summed E-state index contributed by atoms with van der Waals surface area (Å²) in [6, 6.07) is 8.31. The molecule has 1 heterocycles. The highest BCUT2D eigenvalue weighted by atomic mass is 35.5. The highest BCUT2D eigenvalue weighted by Crippen LogP contribution is 2.33. The van der Waals surface area contributed by atoms with Crippen molar-refractivity contribution in [3.63, 3.8) is 0 Å². The minimum atomic E-state index is -0.760. The molecule has 3 rings (SSSR count). The number of ether oxygens (including phenoxy) is 2. The van der Waals surface area contributed by atoms with Crippen LogP contribution in [0, 0.1) is 5.82 Å². The number of urea groups is 1. The van der Waals surface area contributed by atoms with Crippen LogP contribution in [-0.4, -0.2) is 24.2 Å². The van der Waals surface area contributed by atoms with Crippen molar-refractivity contribution in [2.75, 3.05) is 17.2 Å². The maximum Gasteiger partial charge on any atom is 0.323 e. The van der Waals surface area contributed by atoms with Gasteiger partial charge >= 0.3 is 12.0 Å². The lowest BCUT2D eigenvalue weighted by Crippen LogP contribution is -2.37. The smallest absolute Gasteiger partial charge is 0.323 e. The third kappa shape index (κ3) is 4.80. The topological polar surface area (TPSA) is 76.7 Å². The number of nitrogens with one attached hydrogen (secondary N) is 2. The first-order valence-electron chi connectivity index (χ1n) is 8.43. The number of fused-ring (bicyclic) bond motifs is 1. The number of benzene rings is 2. The lowest BCUT2D eigenvalue weighted by Gasteiger charge is -2.31. The largest absolute Gasteiger partial charge is 0.479 e. The Bertz CT molecular complexity index is 963. The molecule has 1 aliphatic rings. The van der Waals surface area contributed by atoms with Crippen molar-refractivity contribution in [2.24, 2.45) is 0 Å². The van der Waals surface area contributed by atoms with Crippen LogP contribution in [0.5, 0.6) is 5.75 Å². The van der Waals surface area contributed by atoms with Gasteiger partial charge in [-0.15, -0.1) is 0 Å². The molecule has 0 fully saturated rings. The molecule has 6 nitrogen and oxygen atoms in total. The fourth-order valence-corrected chi connectivity index (χ4v) is 2.81. The zero-order valence-electron chi connectivity index (χ0n) is 15.2. The van der Waals surface area contributed by atoms with Crippen LogP contribution in [0.25, 0.3) is 6.08 Å². The molecule has 1 unspecified atom stereocenters. The Morgan fingerprint density at radius 3 is 2.71 bits per heavy atom. The fourth-order valence-electron chi connectivity index (χ4n) is 2.60. The molecule has 0 radical (unpaired) electrons. The maximum absolute atomic E-state index is 13.1. The molecule has 1 atom stereocenters. The van der Waals surface area contributed by atoms with Gasteiger partial charge in [0.2, 0.25) is 0 Å². The number of amides is 2. The molecule has 28 heavy (non-hydrogen) atoms. The molecule has 0 aliphatic carbocycles. The van der Waals surface area contributed by atoms with Crippen LogP contribution in [0.2, 0.25) is 5.02 Å². The van der Waals surface area contributed by atoms with Crippen LogP contribution in [-0.2, 0) is 9.53 Å². The van der Waals surface area contributed by atoms with Crippen molar-refractivity contribution in [2.45, 2.75) is 19.4 Å². The maximum atomic E-state index is 13.1. The van der Waals surface area contributed by atoms with Gasteiger partial charge < -0.3 is 20.1 Å². The third-order valence-corrected chi connectivity index (χ3v) is 4.28. The molecule has 0 bridgehead atoms. The third-order valence-electron chi connectivity index (χ3n) is 3.97. The number of halogens is 2. The summed E-state index contributed by atoms with van der Waals surface area (Å²) in [5.74, 6) is -0.265. The highest BCUT2D eigenvalue weighted by molar-refractivity contribution is 6.33. The van der Waals surface area contributed by atoms with E-state index in [1.807, 2.05) is 6.08 Å². The van der Waals surface area contributed by atoms with E-state index in [2.05, 4.69) is 10.6 Å². The molecule has 1 aliphatic heterocycles. The Morgan fingerprint density at radius 1 is 1.21 bits per heavy atom. The van der Waals surface area contributed by atoms with E-state index in [0.717, 1.165) is 11.6 Å². The second-order valence-electron chi connectivity index (χ2n) is 6.48. The average molecular weight is 405 g/mol. The minimum absolute atomic E-state index is 0.0963. The molecular weight excluding hydrogens is 387 g/mol. The van der Waals surface area contributed by atoms with E-state index in [0.29, 0.717) is 17.1 Å². The van der Waals surface area contributed by atoms with Gasteiger partial charge in [-0.3, -0.25) is 4.79 Å². The van der Waals surface area contributed by atoms with E-state index in [1.54, 1.807) is 31.2 Å². The van der Waals surface area contributed by atoms with Gasteiger partial charge in [-0.2, -0.15) is 0 Å². The summed E-state index contributed by atoms with van der Waals surface area (Å²) in [4.78, 5) is 23.2. The van der Waals surface area contributed by atoms with Gasteiger partial charge in [0.25, 0.3) is 0 Å². The Kier molecular flexibility index (Phi) is 5.56. The van der Waals surface area contributed by atoms with Gasteiger partial charge in [-0.05, 0) is 49.4 Å². The molecule has 0 saturated heterocycles. The number of carbonyl (C=O) groups is 2. The van der Waals surface area contributed by atoms with Crippen LogP contribution >= 0.6 is 11.6 Å². The quantitative estimate of drug-likeness (QED) is 0.714. The number of hydrogen-bond donors (Lipinski definition) is 2. The Balaban J connectivity index is 1.67. The average Bonchev–Trinajstić information content (AvgIpc) is 2.63. The van der Waals surface area contributed by atoms with Gasteiger partial charge in [-0.1, -0.05) is 17.7 Å². The summed E-state index contributed by atoms with van der Waals surface area (Å²) < 4.78 is 24.0. The molecule has 8 heteroatoms. The second kappa shape index (κ2) is 7.90. The van der Waals surface area contributed by atoms with Crippen LogP contribution in [0.15, 0.2) is 42.5 Å². The number of rotatable bonds is 4. The molecule has 146 valence electrons. The van der Waals surface area contributed by atoms with E-state index in [-0.39, 0.29) is 17.6 Å². The van der Waals surface area contributed by atoms with Gasteiger partial charge in [0, 0.05) is 18.2 Å². The molecule has 0 aromatic heterocycles. The van der Waals surface area contributed by atoms with Crippen LogP contribution in [0.1, 0.15) is 19.4 Å². The molecular formula is C20H18ClFN2O4. The normalized spacial score (nSPS) is 17.3. The van der Waals surface area contributed by atoms with Crippen molar-refractivity contribution in [1.82, 2.24) is 0 Å².